The fraction of sp³-hybridized carbons (Fsp3) is 0.333. The Balaban J connectivity index is 1.94. The topological polar surface area (TPSA) is 58.7 Å². The van der Waals surface area contributed by atoms with E-state index in [0.29, 0.717) is 11.8 Å². The zero-order valence-corrected chi connectivity index (χ0v) is 25.3. The summed E-state index contributed by atoms with van der Waals surface area (Å²) in [5.74, 6) is 0.741. The van der Waals surface area contributed by atoms with Gasteiger partial charge in [0, 0.05) is 31.9 Å². The van der Waals surface area contributed by atoms with Gasteiger partial charge in [-0.15, -0.1) is 0 Å². The first kappa shape index (κ1) is 29.1. The predicted octanol–water partition coefficient (Wildman–Crippen LogP) is 9.47. The molecule has 0 saturated carbocycles. The molecule has 0 spiro atoms. The predicted molar refractivity (Wildman–Crippen MR) is 171 cm³/mol. The van der Waals surface area contributed by atoms with Gasteiger partial charge in [0.05, 0.1) is 6.21 Å². The summed E-state index contributed by atoms with van der Waals surface area (Å²) in [5.41, 5.74) is 12.7. The van der Waals surface area contributed by atoms with Crippen molar-refractivity contribution in [2.75, 3.05) is 0 Å². The van der Waals surface area contributed by atoms with Gasteiger partial charge in [0.1, 0.15) is 0 Å². The molecule has 0 aliphatic heterocycles. The number of aryl methyl sites for hydroxylation is 2. The molecular weight excluding hydrogens is 492 g/mol. The van der Waals surface area contributed by atoms with E-state index >= 15 is 0 Å². The molecule has 4 rings (SSSR count). The molecule has 0 amide bonds. The van der Waals surface area contributed by atoms with Gasteiger partial charge in [-0.3, -0.25) is 0 Å². The van der Waals surface area contributed by atoms with E-state index in [9.17, 15) is 10.4 Å². The first-order chi connectivity index (χ1) is 18.8. The van der Waals surface area contributed by atoms with Crippen LogP contribution in [0.1, 0.15) is 105 Å². The van der Waals surface area contributed by atoms with Crippen molar-refractivity contribution < 1.29 is 9.95 Å². The molecule has 1 N–H and O–H groups in total. The Morgan fingerprint density at radius 1 is 0.725 bits per heavy atom. The van der Waals surface area contributed by atoms with E-state index in [1.54, 1.807) is 6.21 Å². The monoisotopic (exact) mass is 534 g/mol. The molecule has 208 valence electrons. The van der Waals surface area contributed by atoms with Crippen molar-refractivity contribution in [1.82, 2.24) is 0 Å². The third-order valence-corrected chi connectivity index (χ3v) is 7.71. The Morgan fingerprint density at radius 2 is 1.18 bits per heavy atom. The lowest BCUT2D eigenvalue weighted by Crippen LogP contribution is -2.29. The smallest absolute Gasteiger partial charge is 0.182 e. The molecule has 0 fully saturated rings. The highest BCUT2D eigenvalue weighted by atomic mass is 16.5. The number of rotatable bonds is 6. The van der Waals surface area contributed by atoms with Crippen molar-refractivity contribution in [1.29, 1.82) is 0 Å². The standard InChI is InChI=1S/C36H42N2O2/c1-22(2)26-12-10-24(5)34-28(16-30(20-37-39)32(34)18-26)14-15-29-17-31(21-38(40)36(7,8)9)33-19-27(23(3)4)13-11-25(6)35(29)33/h10-23,39H,1-9H3/b15-14+,37-20?,38-21-. The van der Waals surface area contributed by atoms with E-state index in [2.05, 4.69) is 107 Å². The third-order valence-electron chi connectivity index (χ3n) is 7.71. The summed E-state index contributed by atoms with van der Waals surface area (Å²) < 4.78 is 1.05. The summed E-state index contributed by atoms with van der Waals surface area (Å²) in [6.45, 7) is 18.8. The molecule has 0 unspecified atom stereocenters. The van der Waals surface area contributed by atoms with Gasteiger partial charge in [-0.2, -0.15) is 0 Å². The molecule has 4 heteroatoms. The van der Waals surface area contributed by atoms with Crippen LogP contribution in [0.25, 0.3) is 34.4 Å². The second-order valence-electron chi connectivity index (χ2n) is 12.5. The third kappa shape index (κ3) is 5.82. The maximum Gasteiger partial charge on any atom is 0.182 e. The van der Waals surface area contributed by atoms with Crippen molar-refractivity contribution in [3.63, 3.8) is 0 Å². The molecule has 0 aromatic rings. The van der Waals surface area contributed by atoms with E-state index < -0.39 is 5.54 Å². The molecular formula is C36H42N2O2. The quantitative estimate of drug-likeness (QED) is 0.0880. The minimum atomic E-state index is -0.534. The number of oxime groups is 1. The molecule has 0 aromatic heterocycles. The van der Waals surface area contributed by atoms with Gasteiger partial charge >= 0.3 is 0 Å². The number of hydrogen-bond donors (Lipinski definition) is 1. The van der Waals surface area contributed by atoms with Crippen LogP contribution in [0.15, 0.2) is 53.7 Å². The van der Waals surface area contributed by atoms with Crippen LogP contribution < -0.4 is 0 Å². The minimum Gasteiger partial charge on any atom is -0.623 e. The molecule has 0 atom stereocenters. The van der Waals surface area contributed by atoms with Crippen LogP contribution in [0.4, 0.5) is 0 Å². The van der Waals surface area contributed by atoms with Gasteiger partial charge in [-0.25, -0.2) is 4.74 Å². The first-order valence-corrected chi connectivity index (χ1v) is 14.1. The fourth-order valence-electron chi connectivity index (χ4n) is 5.22. The fourth-order valence-corrected chi connectivity index (χ4v) is 5.22. The maximum atomic E-state index is 13.0. The molecule has 4 aliphatic carbocycles. The molecule has 4 nitrogen and oxygen atoms in total. The van der Waals surface area contributed by atoms with E-state index in [1.807, 2.05) is 20.8 Å². The summed E-state index contributed by atoms with van der Waals surface area (Å²) in [5, 5.41) is 25.8. The summed E-state index contributed by atoms with van der Waals surface area (Å²) in [7, 11) is 0. The number of nitrogens with zero attached hydrogens (tertiary/aromatic N) is 2. The van der Waals surface area contributed by atoms with Crippen molar-refractivity contribution in [2.45, 2.75) is 79.7 Å². The van der Waals surface area contributed by atoms with Crippen LogP contribution >= 0.6 is 0 Å². The van der Waals surface area contributed by atoms with Crippen LogP contribution in [0.5, 0.6) is 0 Å². The van der Waals surface area contributed by atoms with E-state index in [4.69, 9.17) is 0 Å². The average Bonchev–Trinajstić information content (AvgIpc) is 3.24. The van der Waals surface area contributed by atoms with Crippen LogP contribution in [-0.2, 0) is 0 Å². The van der Waals surface area contributed by atoms with Crippen LogP contribution in [-0.4, -0.2) is 27.9 Å². The zero-order chi connectivity index (χ0) is 29.4. The van der Waals surface area contributed by atoms with Crippen molar-refractivity contribution in [3.05, 3.63) is 98.2 Å². The lowest BCUT2D eigenvalue weighted by atomic mass is 9.99. The molecule has 0 heterocycles. The Bertz CT molecular complexity index is 1560. The van der Waals surface area contributed by atoms with Gasteiger partial charge < -0.3 is 10.4 Å². The van der Waals surface area contributed by atoms with Gasteiger partial charge in [-0.05, 0) is 93.5 Å². The summed E-state index contributed by atoms with van der Waals surface area (Å²) in [6.07, 6.45) is 7.54. The molecule has 40 heavy (non-hydrogen) atoms. The summed E-state index contributed by atoms with van der Waals surface area (Å²) in [6, 6.07) is 17.4. The summed E-state index contributed by atoms with van der Waals surface area (Å²) >= 11 is 0. The largest absolute Gasteiger partial charge is 0.623 e. The minimum absolute atomic E-state index is 0.365. The summed E-state index contributed by atoms with van der Waals surface area (Å²) in [4.78, 5) is 0. The average molecular weight is 535 g/mol. The molecule has 0 saturated heterocycles. The highest BCUT2D eigenvalue weighted by Gasteiger charge is 2.23. The van der Waals surface area contributed by atoms with E-state index in [0.717, 1.165) is 54.8 Å². The number of fused-ring (bicyclic) bond motifs is 2. The van der Waals surface area contributed by atoms with E-state index in [-0.39, 0.29) is 0 Å². The van der Waals surface area contributed by atoms with E-state index in [1.165, 1.54) is 22.9 Å². The molecule has 0 bridgehead atoms. The Labute approximate surface area is 239 Å². The number of hydroxylamine groups is 1. The number of hydrogen-bond acceptors (Lipinski definition) is 3. The zero-order valence-electron chi connectivity index (χ0n) is 25.3. The molecule has 0 aromatic carbocycles. The van der Waals surface area contributed by atoms with Crippen molar-refractivity contribution in [2.24, 2.45) is 5.16 Å². The maximum absolute atomic E-state index is 13.0. The highest BCUT2D eigenvalue weighted by molar-refractivity contribution is 6.01. The Hall–Kier alpha value is -3.92. The molecule has 0 radical (unpaired) electrons. The van der Waals surface area contributed by atoms with Gasteiger partial charge in [0.2, 0.25) is 0 Å². The SMILES string of the molecule is Cc1ccc(C(C)C)cc2c(C=NO)cc(/C=C/c3cc(/C=[N+](\[O-])C(C)(C)C)c4cc(C(C)C)ccc(C)c3-4)c1-2. The van der Waals surface area contributed by atoms with Crippen molar-refractivity contribution >= 4 is 24.6 Å². The lowest BCUT2D eigenvalue weighted by Gasteiger charge is -2.18. The second-order valence-corrected chi connectivity index (χ2v) is 12.5. The lowest BCUT2D eigenvalue weighted by molar-refractivity contribution is -0.530. The highest BCUT2D eigenvalue weighted by Crippen LogP contribution is 2.40. The molecule has 4 aliphatic rings. The van der Waals surface area contributed by atoms with Crippen LogP contribution in [0, 0.1) is 19.1 Å². The first-order valence-electron chi connectivity index (χ1n) is 14.1. The van der Waals surface area contributed by atoms with Gasteiger partial charge in [0.25, 0.3) is 0 Å². The van der Waals surface area contributed by atoms with Gasteiger partial charge in [-0.1, -0.05) is 81.4 Å². The van der Waals surface area contributed by atoms with Crippen LogP contribution in [0.3, 0.4) is 0 Å². The second kappa shape index (κ2) is 11.3. The Kier molecular flexibility index (Phi) is 8.20. The van der Waals surface area contributed by atoms with Crippen molar-refractivity contribution in [3.8, 4) is 22.3 Å². The van der Waals surface area contributed by atoms with Gasteiger partial charge in [0.15, 0.2) is 11.8 Å². The normalized spacial score (nSPS) is 13.2. The van der Waals surface area contributed by atoms with Crippen LogP contribution in [0.2, 0.25) is 0 Å². The Morgan fingerprint density at radius 3 is 1.60 bits per heavy atom.